The van der Waals surface area contributed by atoms with E-state index in [2.05, 4.69) is 4.98 Å². The molecule has 0 saturated carbocycles. The minimum absolute atomic E-state index is 0.0171. The van der Waals surface area contributed by atoms with Crippen LogP contribution in [0.25, 0.3) is 0 Å². The number of aromatic amines is 1. The van der Waals surface area contributed by atoms with Crippen LogP contribution < -0.4 is 5.73 Å². The van der Waals surface area contributed by atoms with Gasteiger partial charge in [-0.1, -0.05) is 37.3 Å². The Bertz CT molecular complexity index is 541. The molecule has 0 spiro atoms. The van der Waals surface area contributed by atoms with Crippen LogP contribution in [-0.4, -0.2) is 10.8 Å². The lowest BCUT2D eigenvalue weighted by atomic mass is 10.0. The number of rotatable bonds is 3. The van der Waals surface area contributed by atoms with Gasteiger partial charge in [-0.05, 0) is 13.3 Å². The predicted octanol–water partition coefficient (Wildman–Crippen LogP) is 2.70. The number of aryl methyl sites for hydroxylation is 2. The average molecular weight is 228 g/mol. The van der Waals surface area contributed by atoms with Gasteiger partial charge in [0.15, 0.2) is 5.78 Å². The normalized spacial score (nSPS) is 10.5. The number of nitrogens with two attached hydrogens (primary N) is 1. The van der Waals surface area contributed by atoms with E-state index in [1.807, 2.05) is 32.0 Å². The van der Waals surface area contributed by atoms with E-state index in [4.69, 9.17) is 5.73 Å². The van der Waals surface area contributed by atoms with E-state index < -0.39 is 0 Å². The molecular weight excluding hydrogens is 212 g/mol. The number of nitrogens with one attached hydrogen (secondary N) is 1. The number of anilines is 1. The molecule has 3 heteroatoms. The lowest BCUT2D eigenvalue weighted by Crippen LogP contribution is -2.05. The monoisotopic (exact) mass is 228 g/mol. The van der Waals surface area contributed by atoms with Crippen LogP contribution in [0.15, 0.2) is 30.3 Å². The van der Waals surface area contributed by atoms with E-state index in [-0.39, 0.29) is 5.78 Å². The molecule has 0 bridgehead atoms. The van der Waals surface area contributed by atoms with E-state index in [1.54, 1.807) is 12.1 Å². The summed E-state index contributed by atoms with van der Waals surface area (Å²) < 4.78 is 0. The van der Waals surface area contributed by atoms with E-state index in [9.17, 15) is 4.79 Å². The largest absolute Gasteiger partial charge is 0.397 e. The zero-order valence-electron chi connectivity index (χ0n) is 10.1. The SMILES string of the molecule is CCc1[nH]c(C)c(C(=O)c2ccccc2)c1N. The van der Waals surface area contributed by atoms with Gasteiger partial charge in [0.25, 0.3) is 0 Å². The Labute approximate surface area is 101 Å². The molecule has 0 fully saturated rings. The molecule has 0 aliphatic rings. The predicted molar refractivity (Wildman–Crippen MR) is 69.2 cm³/mol. The molecule has 1 aromatic heterocycles. The Kier molecular flexibility index (Phi) is 3.00. The van der Waals surface area contributed by atoms with Gasteiger partial charge in [0.05, 0.1) is 11.3 Å². The van der Waals surface area contributed by atoms with E-state index >= 15 is 0 Å². The maximum Gasteiger partial charge on any atom is 0.196 e. The summed E-state index contributed by atoms with van der Waals surface area (Å²) in [5.74, 6) is -0.0171. The first-order valence-corrected chi connectivity index (χ1v) is 5.71. The van der Waals surface area contributed by atoms with Crippen LogP contribution in [0.5, 0.6) is 0 Å². The topological polar surface area (TPSA) is 58.9 Å². The lowest BCUT2D eigenvalue weighted by Gasteiger charge is -2.02. The highest BCUT2D eigenvalue weighted by molar-refractivity contribution is 6.13. The molecule has 0 saturated heterocycles. The zero-order valence-corrected chi connectivity index (χ0v) is 10.1. The Hall–Kier alpha value is -2.03. The second kappa shape index (κ2) is 4.45. The summed E-state index contributed by atoms with van der Waals surface area (Å²) in [4.78, 5) is 15.5. The number of nitrogen functional groups attached to an aromatic ring is 1. The number of hydrogen-bond donors (Lipinski definition) is 2. The summed E-state index contributed by atoms with van der Waals surface area (Å²) >= 11 is 0. The van der Waals surface area contributed by atoms with E-state index in [0.717, 1.165) is 17.8 Å². The number of aromatic nitrogens is 1. The van der Waals surface area contributed by atoms with Crippen molar-refractivity contribution >= 4 is 11.5 Å². The second-order valence-corrected chi connectivity index (χ2v) is 4.07. The number of carbonyl (C=O) groups is 1. The fourth-order valence-electron chi connectivity index (χ4n) is 2.01. The molecule has 1 aromatic carbocycles. The van der Waals surface area contributed by atoms with Gasteiger partial charge in [-0.15, -0.1) is 0 Å². The van der Waals surface area contributed by atoms with Crippen molar-refractivity contribution in [1.29, 1.82) is 0 Å². The van der Waals surface area contributed by atoms with Gasteiger partial charge in [0, 0.05) is 17.0 Å². The third-order valence-corrected chi connectivity index (χ3v) is 2.92. The summed E-state index contributed by atoms with van der Waals surface area (Å²) in [6.45, 7) is 3.89. The van der Waals surface area contributed by atoms with E-state index in [0.29, 0.717) is 16.8 Å². The molecule has 2 rings (SSSR count). The Morgan fingerprint density at radius 1 is 1.29 bits per heavy atom. The van der Waals surface area contributed by atoms with Crippen LogP contribution >= 0.6 is 0 Å². The zero-order chi connectivity index (χ0) is 12.4. The average Bonchev–Trinajstić information content (AvgIpc) is 2.64. The highest BCUT2D eigenvalue weighted by Crippen LogP contribution is 2.24. The smallest absolute Gasteiger partial charge is 0.196 e. The first kappa shape index (κ1) is 11.5. The fourth-order valence-corrected chi connectivity index (χ4v) is 2.01. The Morgan fingerprint density at radius 2 is 1.94 bits per heavy atom. The van der Waals surface area contributed by atoms with Crippen molar-refractivity contribution in [3.8, 4) is 0 Å². The number of carbonyl (C=O) groups excluding carboxylic acids is 1. The third-order valence-electron chi connectivity index (χ3n) is 2.92. The first-order valence-electron chi connectivity index (χ1n) is 5.71. The molecule has 3 nitrogen and oxygen atoms in total. The molecule has 17 heavy (non-hydrogen) atoms. The quantitative estimate of drug-likeness (QED) is 0.793. The van der Waals surface area contributed by atoms with Gasteiger partial charge in [-0.2, -0.15) is 0 Å². The van der Waals surface area contributed by atoms with E-state index in [1.165, 1.54) is 0 Å². The van der Waals surface area contributed by atoms with Crippen molar-refractivity contribution in [2.75, 3.05) is 5.73 Å². The van der Waals surface area contributed by atoms with Crippen molar-refractivity contribution in [2.24, 2.45) is 0 Å². The van der Waals surface area contributed by atoms with Crippen LogP contribution in [0.1, 0.15) is 34.2 Å². The van der Waals surface area contributed by atoms with Crippen LogP contribution in [0.3, 0.4) is 0 Å². The molecule has 1 heterocycles. The van der Waals surface area contributed by atoms with Gasteiger partial charge >= 0.3 is 0 Å². The molecule has 0 radical (unpaired) electrons. The maximum atomic E-state index is 12.3. The third kappa shape index (κ3) is 1.96. The number of H-pyrrole nitrogens is 1. The lowest BCUT2D eigenvalue weighted by molar-refractivity contribution is 0.103. The molecule has 0 aliphatic carbocycles. The summed E-state index contributed by atoms with van der Waals surface area (Å²) in [5.41, 5.74) is 9.63. The highest BCUT2D eigenvalue weighted by atomic mass is 16.1. The summed E-state index contributed by atoms with van der Waals surface area (Å²) in [6.07, 6.45) is 0.800. The highest BCUT2D eigenvalue weighted by Gasteiger charge is 2.19. The van der Waals surface area contributed by atoms with Gasteiger partial charge in [-0.25, -0.2) is 0 Å². The number of benzene rings is 1. The summed E-state index contributed by atoms with van der Waals surface area (Å²) in [6, 6.07) is 9.21. The fraction of sp³-hybridized carbons (Fsp3) is 0.214. The molecule has 0 unspecified atom stereocenters. The van der Waals surface area contributed by atoms with Crippen molar-refractivity contribution in [3.05, 3.63) is 52.8 Å². The summed E-state index contributed by atoms with van der Waals surface area (Å²) in [7, 11) is 0. The van der Waals surface area contributed by atoms with Crippen molar-refractivity contribution in [2.45, 2.75) is 20.3 Å². The Balaban J connectivity index is 2.48. The van der Waals surface area contributed by atoms with Gasteiger partial charge in [0.2, 0.25) is 0 Å². The molecule has 0 aliphatic heterocycles. The van der Waals surface area contributed by atoms with Crippen LogP contribution in [0.4, 0.5) is 5.69 Å². The van der Waals surface area contributed by atoms with Gasteiger partial charge in [-0.3, -0.25) is 4.79 Å². The second-order valence-electron chi connectivity index (χ2n) is 4.07. The van der Waals surface area contributed by atoms with Gasteiger partial charge in [0.1, 0.15) is 0 Å². The minimum Gasteiger partial charge on any atom is -0.397 e. The molecule has 0 amide bonds. The number of hydrogen-bond acceptors (Lipinski definition) is 2. The Morgan fingerprint density at radius 3 is 2.47 bits per heavy atom. The standard InChI is InChI=1S/C14H16N2O/c1-3-11-13(15)12(9(2)16-11)14(17)10-7-5-4-6-8-10/h4-8,16H,3,15H2,1-2H3. The van der Waals surface area contributed by atoms with Crippen LogP contribution in [-0.2, 0) is 6.42 Å². The molecule has 3 N–H and O–H groups in total. The van der Waals surface area contributed by atoms with Crippen LogP contribution in [0.2, 0.25) is 0 Å². The maximum absolute atomic E-state index is 12.3. The van der Waals surface area contributed by atoms with Crippen molar-refractivity contribution < 1.29 is 4.79 Å². The first-order chi connectivity index (χ1) is 8.15. The summed E-state index contributed by atoms with van der Waals surface area (Å²) in [5, 5.41) is 0. The molecule has 2 aromatic rings. The van der Waals surface area contributed by atoms with Crippen molar-refractivity contribution in [1.82, 2.24) is 4.98 Å². The minimum atomic E-state index is -0.0171. The molecule has 88 valence electrons. The molecule has 0 atom stereocenters. The number of ketones is 1. The van der Waals surface area contributed by atoms with Gasteiger partial charge < -0.3 is 10.7 Å². The van der Waals surface area contributed by atoms with Crippen LogP contribution in [0, 0.1) is 6.92 Å². The van der Waals surface area contributed by atoms with Crippen molar-refractivity contribution in [3.63, 3.8) is 0 Å². The molecular formula is C14H16N2O.